The van der Waals surface area contributed by atoms with E-state index in [4.69, 9.17) is 19.2 Å². The van der Waals surface area contributed by atoms with Crippen LogP contribution in [0, 0.1) is 6.92 Å². The van der Waals surface area contributed by atoms with E-state index in [1.165, 1.54) is 0 Å². The standard InChI is InChI=1S/C22H26N2O4S/c1-15-7-5-8-18(13-15)28-16(2)21(25)24-11-6-12-29-22(24)23-19-14-17(26-3)9-10-20(19)27-4/h5,7-10,13-14,16H,6,11-12H2,1-4H3/t16-/m1/s1. The number of ether oxygens (including phenoxy) is 3. The van der Waals surface area contributed by atoms with E-state index in [2.05, 4.69) is 0 Å². The zero-order valence-corrected chi connectivity index (χ0v) is 18.0. The first-order valence-electron chi connectivity index (χ1n) is 9.50. The van der Waals surface area contributed by atoms with Crippen LogP contribution in [-0.4, -0.2) is 48.6 Å². The van der Waals surface area contributed by atoms with Crippen molar-refractivity contribution in [1.82, 2.24) is 4.90 Å². The largest absolute Gasteiger partial charge is 0.497 e. The molecule has 0 aromatic heterocycles. The molecule has 1 fully saturated rings. The number of carbonyl (C=O) groups is 1. The van der Waals surface area contributed by atoms with Crippen LogP contribution >= 0.6 is 11.8 Å². The number of amides is 1. The summed E-state index contributed by atoms with van der Waals surface area (Å²) in [6.07, 6.45) is 0.287. The fourth-order valence-electron chi connectivity index (χ4n) is 3.01. The monoisotopic (exact) mass is 414 g/mol. The van der Waals surface area contributed by atoms with Gasteiger partial charge in [-0.05, 0) is 50.1 Å². The summed E-state index contributed by atoms with van der Waals surface area (Å²) < 4.78 is 16.6. The van der Waals surface area contributed by atoms with Gasteiger partial charge in [-0.1, -0.05) is 23.9 Å². The van der Waals surface area contributed by atoms with Crippen molar-refractivity contribution in [1.29, 1.82) is 0 Å². The van der Waals surface area contributed by atoms with Crippen molar-refractivity contribution in [2.24, 2.45) is 4.99 Å². The summed E-state index contributed by atoms with van der Waals surface area (Å²) in [7, 11) is 3.20. The average Bonchev–Trinajstić information content (AvgIpc) is 2.73. The maximum absolute atomic E-state index is 13.1. The number of carbonyl (C=O) groups excluding carboxylic acids is 1. The number of benzene rings is 2. The lowest BCUT2D eigenvalue weighted by molar-refractivity contribution is -0.133. The Labute approximate surface area is 175 Å². The van der Waals surface area contributed by atoms with Crippen molar-refractivity contribution in [3.05, 3.63) is 48.0 Å². The van der Waals surface area contributed by atoms with Crippen LogP contribution in [0.4, 0.5) is 5.69 Å². The highest BCUT2D eigenvalue weighted by molar-refractivity contribution is 8.13. The molecule has 0 saturated carbocycles. The van der Waals surface area contributed by atoms with Gasteiger partial charge in [0, 0.05) is 18.4 Å². The Morgan fingerprint density at radius 2 is 1.97 bits per heavy atom. The predicted molar refractivity (Wildman–Crippen MR) is 117 cm³/mol. The van der Waals surface area contributed by atoms with Gasteiger partial charge in [-0.15, -0.1) is 0 Å². The number of methoxy groups -OCH3 is 2. The zero-order valence-electron chi connectivity index (χ0n) is 17.2. The normalized spacial score (nSPS) is 16.4. The molecule has 6 nitrogen and oxygen atoms in total. The molecule has 1 amide bonds. The van der Waals surface area contributed by atoms with Crippen LogP contribution in [0.15, 0.2) is 47.5 Å². The highest BCUT2D eigenvalue weighted by Gasteiger charge is 2.29. The van der Waals surface area contributed by atoms with Gasteiger partial charge in [0.2, 0.25) is 0 Å². The Hall–Kier alpha value is -2.67. The fourth-order valence-corrected chi connectivity index (χ4v) is 3.96. The van der Waals surface area contributed by atoms with Gasteiger partial charge in [-0.25, -0.2) is 4.99 Å². The number of hydrogen-bond acceptors (Lipinski definition) is 6. The first-order chi connectivity index (χ1) is 14.0. The van der Waals surface area contributed by atoms with Gasteiger partial charge in [0.1, 0.15) is 22.9 Å². The van der Waals surface area contributed by atoms with Gasteiger partial charge in [0.25, 0.3) is 5.91 Å². The zero-order chi connectivity index (χ0) is 20.8. The minimum Gasteiger partial charge on any atom is -0.497 e. The maximum Gasteiger partial charge on any atom is 0.269 e. The molecule has 1 aliphatic rings. The first kappa shape index (κ1) is 21.0. The number of hydrogen-bond donors (Lipinski definition) is 0. The molecule has 0 N–H and O–H groups in total. The lowest BCUT2D eigenvalue weighted by Crippen LogP contribution is -2.45. The second kappa shape index (κ2) is 9.69. The lowest BCUT2D eigenvalue weighted by Gasteiger charge is -2.30. The van der Waals surface area contributed by atoms with Crippen molar-refractivity contribution in [2.75, 3.05) is 26.5 Å². The summed E-state index contributed by atoms with van der Waals surface area (Å²) >= 11 is 1.56. The Kier molecular flexibility index (Phi) is 7.04. The van der Waals surface area contributed by atoms with Crippen LogP contribution in [0.3, 0.4) is 0 Å². The molecule has 0 aliphatic carbocycles. The van der Waals surface area contributed by atoms with E-state index in [1.807, 2.05) is 37.3 Å². The summed E-state index contributed by atoms with van der Waals surface area (Å²) in [4.78, 5) is 19.5. The van der Waals surface area contributed by atoms with E-state index in [0.29, 0.717) is 34.6 Å². The smallest absolute Gasteiger partial charge is 0.269 e. The number of aliphatic imine (C=N–C) groups is 1. The number of nitrogens with zero attached hydrogens (tertiary/aromatic N) is 2. The minimum atomic E-state index is -0.618. The molecule has 2 aromatic carbocycles. The van der Waals surface area contributed by atoms with Gasteiger partial charge in [-0.3, -0.25) is 9.69 Å². The molecule has 1 saturated heterocycles. The Bertz CT molecular complexity index is 900. The van der Waals surface area contributed by atoms with E-state index in [9.17, 15) is 4.79 Å². The third-order valence-corrected chi connectivity index (χ3v) is 5.57. The quantitative estimate of drug-likeness (QED) is 0.700. The summed E-state index contributed by atoms with van der Waals surface area (Å²) in [5.74, 6) is 2.78. The first-order valence-corrected chi connectivity index (χ1v) is 10.5. The van der Waals surface area contributed by atoms with Crippen molar-refractivity contribution < 1.29 is 19.0 Å². The van der Waals surface area contributed by atoms with Crippen molar-refractivity contribution in [2.45, 2.75) is 26.4 Å². The SMILES string of the molecule is COc1ccc(OC)c(N=C2SCCCN2C(=O)[C@@H](C)Oc2cccc(C)c2)c1. The van der Waals surface area contributed by atoms with Crippen molar-refractivity contribution >= 4 is 28.5 Å². The average molecular weight is 415 g/mol. The molecule has 3 rings (SSSR count). The van der Waals surface area contributed by atoms with Crippen molar-refractivity contribution in [3.63, 3.8) is 0 Å². The van der Waals surface area contributed by atoms with Gasteiger partial charge in [0.15, 0.2) is 11.3 Å². The highest BCUT2D eigenvalue weighted by Crippen LogP contribution is 2.34. The molecule has 1 aliphatic heterocycles. The molecule has 7 heteroatoms. The van der Waals surface area contributed by atoms with Crippen LogP contribution in [0.2, 0.25) is 0 Å². The van der Waals surface area contributed by atoms with Gasteiger partial charge >= 0.3 is 0 Å². The molecule has 0 bridgehead atoms. The number of rotatable bonds is 6. The molecule has 1 heterocycles. The summed E-state index contributed by atoms with van der Waals surface area (Å²) in [6, 6.07) is 13.1. The molecule has 0 unspecified atom stereocenters. The molecule has 0 radical (unpaired) electrons. The van der Waals surface area contributed by atoms with E-state index in [-0.39, 0.29) is 5.91 Å². The Morgan fingerprint density at radius 3 is 2.69 bits per heavy atom. The number of amidine groups is 1. The van der Waals surface area contributed by atoms with Crippen LogP contribution in [0.5, 0.6) is 17.2 Å². The van der Waals surface area contributed by atoms with Crippen LogP contribution in [0.1, 0.15) is 18.9 Å². The van der Waals surface area contributed by atoms with Gasteiger partial charge in [-0.2, -0.15) is 0 Å². The Morgan fingerprint density at radius 1 is 1.14 bits per heavy atom. The van der Waals surface area contributed by atoms with E-state index >= 15 is 0 Å². The van der Waals surface area contributed by atoms with Crippen molar-refractivity contribution in [3.8, 4) is 17.2 Å². The topological polar surface area (TPSA) is 60.4 Å². The molecule has 0 spiro atoms. The van der Waals surface area contributed by atoms with Crippen LogP contribution in [0.25, 0.3) is 0 Å². The van der Waals surface area contributed by atoms with Crippen LogP contribution in [-0.2, 0) is 4.79 Å². The third kappa shape index (κ3) is 5.23. The van der Waals surface area contributed by atoms with E-state index in [0.717, 1.165) is 17.7 Å². The maximum atomic E-state index is 13.1. The van der Waals surface area contributed by atoms with Gasteiger partial charge < -0.3 is 14.2 Å². The number of aryl methyl sites for hydroxylation is 1. The lowest BCUT2D eigenvalue weighted by atomic mass is 10.2. The second-order valence-electron chi connectivity index (χ2n) is 6.70. The predicted octanol–water partition coefficient (Wildman–Crippen LogP) is 4.43. The second-order valence-corrected chi connectivity index (χ2v) is 7.76. The molecule has 154 valence electrons. The summed E-state index contributed by atoms with van der Waals surface area (Å²) in [5.41, 5.74) is 1.71. The van der Waals surface area contributed by atoms with Gasteiger partial charge in [0.05, 0.1) is 14.2 Å². The third-order valence-electron chi connectivity index (χ3n) is 4.51. The summed E-state index contributed by atoms with van der Waals surface area (Å²) in [6.45, 7) is 4.37. The van der Waals surface area contributed by atoms with E-state index in [1.54, 1.807) is 49.9 Å². The molecule has 29 heavy (non-hydrogen) atoms. The highest BCUT2D eigenvalue weighted by atomic mass is 32.2. The minimum absolute atomic E-state index is 0.112. The molecule has 2 aromatic rings. The molecular formula is C22H26N2O4S. The summed E-state index contributed by atoms with van der Waals surface area (Å²) in [5, 5.41) is 0.646. The van der Waals surface area contributed by atoms with Crippen LogP contribution < -0.4 is 14.2 Å². The fraction of sp³-hybridized carbons (Fsp3) is 0.364. The molecular weight excluding hydrogens is 388 g/mol. The number of thioether (sulfide) groups is 1. The Balaban J connectivity index is 1.83. The van der Waals surface area contributed by atoms with E-state index < -0.39 is 6.10 Å². The molecule has 1 atom stereocenters.